The molecule has 0 amide bonds. The number of fused-ring (bicyclic) bond motifs is 1. The fourth-order valence-corrected chi connectivity index (χ4v) is 2.26. The molecule has 2 nitrogen and oxygen atoms in total. The zero-order valence-electron chi connectivity index (χ0n) is 11.1. The molecule has 0 aliphatic carbocycles. The van der Waals surface area contributed by atoms with Gasteiger partial charge in [0.05, 0.1) is 12.8 Å². The average Bonchev–Trinajstić information content (AvgIpc) is 2.48. The van der Waals surface area contributed by atoms with Crippen molar-refractivity contribution in [1.29, 1.82) is 0 Å². The lowest BCUT2D eigenvalue weighted by Gasteiger charge is -2.13. The zero-order valence-corrected chi connectivity index (χ0v) is 11.1. The van der Waals surface area contributed by atoms with Crippen LogP contribution < -0.4 is 10.1 Å². The molecule has 0 bridgehead atoms. The summed E-state index contributed by atoms with van der Waals surface area (Å²) < 4.78 is 18.7. The van der Waals surface area contributed by atoms with Gasteiger partial charge in [-0.25, -0.2) is 4.39 Å². The lowest BCUT2D eigenvalue weighted by molar-refractivity contribution is 0.416. The van der Waals surface area contributed by atoms with Gasteiger partial charge in [-0.15, -0.1) is 0 Å². The molecule has 0 fully saturated rings. The van der Waals surface area contributed by atoms with Crippen molar-refractivity contribution < 1.29 is 9.13 Å². The van der Waals surface area contributed by atoms with E-state index in [1.54, 1.807) is 13.2 Å². The first kappa shape index (κ1) is 12.5. The summed E-state index contributed by atoms with van der Waals surface area (Å²) in [5.41, 5.74) is 1.54. The van der Waals surface area contributed by atoms with Crippen LogP contribution in [0.3, 0.4) is 0 Å². The summed E-state index contributed by atoms with van der Waals surface area (Å²) in [4.78, 5) is 0. The monoisotopic (exact) mass is 267 g/mol. The number of hydrogen-bond donors (Lipinski definition) is 1. The lowest BCUT2D eigenvalue weighted by atomic mass is 10.1. The normalized spacial score (nSPS) is 10.5. The van der Waals surface area contributed by atoms with Crippen molar-refractivity contribution in [1.82, 2.24) is 0 Å². The van der Waals surface area contributed by atoms with E-state index in [4.69, 9.17) is 4.74 Å². The molecular formula is C17H14FNO. The summed E-state index contributed by atoms with van der Waals surface area (Å²) in [5.74, 6) is 0.313. The van der Waals surface area contributed by atoms with E-state index in [2.05, 4.69) is 5.32 Å². The summed E-state index contributed by atoms with van der Waals surface area (Å²) in [5, 5.41) is 5.46. The molecular weight excluding hydrogens is 253 g/mol. The fourth-order valence-electron chi connectivity index (χ4n) is 2.26. The van der Waals surface area contributed by atoms with Crippen molar-refractivity contribution in [3.05, 3.63) is 66.5 Å². The van der Waals surface area contributed by atoms with Gasteiger partial charge < -0.3 is 10.1 Å². The highest BCUT2D eigenvalue weighted by atomic mass is 19.1. The van der Waals surface area contributed by atoms with E-state index >= 15 is 0 Å². The number of nitrogens with one attached hydrogen (secondary N) is 1. The Morgan fingerprint density at radius 1 is 0.900 bits per heavy atom. The van der Waals surface area contributed by atoms with Gasteiger partial charge in [-0.05, 0) is 23.6 Å². The van der Waals surface area contributed by atoms with E-state index in [0.717, 1.165) is 16.5 Å². The van der Waals surface area contributed by atoms with Gasteiger partial charge in [0.1, 0.15) is 11.6 Å². The van der Waals surface area contributed by atoms with Crippen LogP contribution in [0.25, 0.3) is 10.8 Å². The van der Waals surface area contributed by atoms with Crippen LogP contribution in [0, 0.1) is 5.82 Å². The van der Waals surface area contributed by atoms with Crippen molar-refractivity contribution in [2.75, 3.05) is 12.4 Å². The molecule has 0 saturated carbocycles. The Hall–Kier alpha value is -2.55. The summed E-state index contributed by atoms with van der Waals surface area (Å²) in [6, 6.07) is 18.5. The smallest absolute Gasteiger partial charge is 0.142 e. The van der Waals surface area contributed by atoms with Crippen LogP contribution in [-0.4, -0.2) is 7.11 Å². The maximum absolute atomic E-state index is 13.4. The standard InChI is InChI=1S/C17H14FNO/c1-20-17-10-9-13(18)11-16(17)19-15-8-4-6-12-5-2-3-7-14(12)15/h2-11,19H,1H3. The number of rotatable bonds is 3. The van der Waals surface area contributed by atoms with Crippen molar-refractivity contribution in [3.8, 4) is 5.75 Å². The molecule has 0 saturated heterocycles. The van der Waals surface area contributed by atoms with Gasteiger partial charge in [-0.3, -0.25) is 0 Å². The number of anilines is 2. The average molecular weight is 267 g/mol. The van der Waals surface area contributed by atoms with Crippen LogP contribution in [-0.2, 0) is 0 Å². The number of methoxy groups -OCH3 is 1. The van der Waals surface area contributed by atoms with E-state index in [1.807, 2.05) is 42.5 Å². The Kier molecular flexibility index (Phi) is 3.25. The molecule has 3 heteroatoms. The van der Waals surface area contributed by atoms with Gasteiger partial charge in [-0.1, -0.05) is 36.4 Å². The molecule has 0 aliphatic heterocycles. The summed E-state index contributed by atoms with van der Waals surface area (Å²) >= 11 is 0. The van der Waals surface area contributed by atoms with Crippen molar-refractivity contribution >= 4 is 22.1 Å². The molecule has 0 atom stereocenters. The highest BCUT2D eigenvalue weighted by Crippen LogP contribution is 2.31. The molecule has 3 aromatic rings. The number of benzene rings is 3. The second-order valence-corrected chi connectivity index (χ2v) is 4.50. The topological polar surface area (TPSA) is 21.3 Å². The minimum atomic E-state index is -0.298. The molecule has 0 radical (unpaired) electrons. The largest absolute Gasteiger partial charge is 0.495 e. The van der Waals surface area contributed by atoms with Gasteiger partial charge in [0, 0.05) is 17.1 Å². The van der Waals surface area contributed by atoms with Gasteiger partial charge in [-0.2, -0.15) is 0 Å². The second-order valence-electron chi connectivity index (χ2n) is 4.50. The molecule has 0 aliphatic rings. The van der Waals surface area contributed by atoms with Gasteiger partial charge in [0.15, 0.2) is 0 Å². The number of ether oxygens (including phenoxy) is 1. The molecule has 0 heterocycles. The molecule has 100 valence electrons. The van der Waals surface area contributed by atoms with E-state index in [-0.39, 0.29) is 5.82 Å². The molecule has 3 aromatic carbocycles. The SMILES string of the molecule is COc1ccc(F)cc1Nc1cccc2ccccc12. The van der Waals surface area contributed by atoms with E-state index < -0.39 is 0 Å². The van der Waals surface area contributed by atoms with Gasteiger partial charge >= 0.3 is 0 Å². The van der Waals surface area contributed by atoms with Crippen LogP contribution in [0.15, 0.2) is 60.7 Å². The predicted molar refractivity (Wildman–Crippen MR) is 80.2 cm³/mol. The summed E-state index contributed by atoms with van der Waals surface area (Å²) in [6.07, 6.45) is 0. The maximum atomic E-state index is 13.4. The number of hydrogen-bond acceptors (Lipinski definition) is 2. The molecule has 3 rings (SSSR count). The fraction of sp³-hybridized carbons (Fsp3) is 0.0588. The van der Waals surface area contributed by atoms with Crippen LogP contribution >= 0.6 is 0 Å². The Labute approximate surface area is 116 Å². The minimum absolute atomic E-state index is 0.298. The zero-order chi connectivity index (χ0) is 13.9. The van der Waals surface area contributed by atoms with Crippen molar-refractivity contribution in [3.63, 3.8) is 0 Å². The third kappa shape index (κ3) is 2.30. The van der Waals surface area contributed by atoms with Crippen LogP contribution in [0.4, 0.5) is 15.8 Å². The first-order valence-corrected chi connectivity index (χ1v) is 6.36. The Morgan fingerprint density at radius 2 is 1.70 bits per heavy atom. The predicted octanol–water partition coefficient (Wildman–Crippen LogP) is 4.73. The second kappa shape index (κ2) is 5.21. The quantitative estimate of drug-likeness (QED) is 0.740. The number of halogens is 1. The molecule has 20 heavy (non-hydrogen) atoms. The lowest BCUT2D eigenvalue weighted by Crippen LogP contribution is -1.96. The first-order chi connectivity index (χ1) is 9.78. The highest BCUT2D eigenvalue weighted by molar-refractivity contribution is 5.95. The molecule has 0 spiro atoms. The van der Waals surface area contributed by atoms with Crippen molar-refractivity contribution in [2.45, 2.75) is 0 Å². The van der Waals surface area contributed by atoms with Gasteiger partial charge in [0.25, 0.3) is 0 Å². The summed E-state index contributed by atoms with van der Waals surface area (Å²) in [6.45, 7) is 0. The summed E-state index contributed by atoms with van der Waals surface area (Å²) in [7, 11) is 1.57. The third-order valence-corrected chi connectivity index (χ3v) is 3.22. The molecule has 0 aromatic heterocycles. The van der Waals surface area contributed by atoms with E-state index in [1.165, 1.54) is 12.1 Å². The van der Waals surface area contributed by atoms with E-state index in [0.29, 0.717) is 11.4 Å². The first-order valence-electron chi connectivity index (χ1n) is 6.36. The molecule has 1 N–H and O–H groups in total. The van der Waals surface area contributed by atoms with Crippen LogP contribution in [0.1, 0.15) is 0 Å². The van der Waals surface area contributed by atoms with Crippen molar-refractivity contribution in [2.24, 2.45) is 0 Å². The van der Waals surface area contributed by atoms with Crippen LogP contribution in [0.5, 0.6) is 5.75 Å². The Bertz CT molecular complexity index is 750. The Morgan fingerprint density at radius 3 is 2.55 bits per heavy atom. The maximum Gasteiger partial charge on any atom is 0.142 e. The highest BCUT2D eigenvalue weighted by Gasteiger charge is 2.07. The van der Waals surface area contributed by atoms with E-state index in [9.17, 15) is 4.39 Å². The van der Waals surface area contributed by atoms with Gasteiger partial charge in [0.2, 0.25) is 0 Å². The van der Waals surface area contributed by atoms with Crippen LogP contribution in [0.2, 0.25) is 0 Å². The third-order valence-electron chi connectivity index (χ3n) is 3.22. The minimum Gasteiger partial charge on any atom is -0.495 e. The molecule has 0 unspecified atom stereocenters. The Balaban J connectivity index is 2.07.